The molecule has 1 aliphatic rings. The van der Waals surface area contributed by atoms with Crippen LogP contribution in [0.2, 0.25) is 0 Å². The Kier molecular flexibility index (Phi) is 4.78. The molecule has 0 radical (unpaired) electrons. The van der Waals surface area contributed by atoms with Gasteiger partial charge in [0.2, 0.25) is 0 Å². The number of nitrogens with one attached hydrogen (secondary N) is 1. The molecule has 3 nitrogen and oxygen atoms in total. The number of amidine groups is 1. The van der Waals surface area contributed by atoms with Crippen LogP contribution in [-0.2, 0) is 0 Å². The number of hydrogen-bond acceptors (Lipinski definition) is 2. The molecule has 0 bridgehead atoms. The smallest absolute Gasteiger partial charge is 0.0963 e. The van der Waals surface area contributed by atoms with Gasteiger partial charge in [-0.15, -0.1) is 0 Å². The third-order valence-corrected chi connectivity index (χ3v) is 3.99. The molecule has 0 heterocycles. The van der Waals surface area contributed by atoms with Crippen molar-refractivity contribution in [3.05, 3.63) is 0 Å². The van der Waals surface area contributed by atoms with Crippen molar-refractivity contribution in [3.63, 3.8) is 0 Å². The summed E-state index contributed by atoms with van der Waals surface area (Å²) in [6, 6.07) is 0.806. The minimum Gasteiger partial charge on any atom is -0.387 e. The molecule has 0 atom stereocenters. The van der Waals surface area contributed by atoms with E-state index in [0.29, 0.717) is 5.84 Å². The second kappa shape index (κ2) is 5.67. The first-order chi connectivity index (χ1) is 7.43. The van der Waals surface area contributed by atoms with Gasteiger partial charge in [-0.05, 0) is 39.3 Å². The zero-order valence-corrected chi connectivity index (χ0v) is 11.1. The van der Waals surface area contributed by atoms with Crippen LogP contribution in [0.4, 0.5) is 0 Å². The van der Waals surface area contributed by atoms with E-state index in [4.69, 9.17) is 11.1 Å². The number of hydrogen-bond donors (Lipinski definition) is 2. The molecule has 3 heteroatoms. The third kappa shape index (κ3) is 3.78. The fourth-order valence-electron chi connectivity index (χ4n) is 2.43. The Morgan fingerprint density at radius 1 is 1.38 bits per heavy atom. The second-order valence-electron chi connectivity index (χ2n) is 5.82. The van der Waals surface area contributed by atoms with Crippen LogP contribution in [-0.4, -0.2) is 30.4 Å². The summed E-state index contributed by atoms with van der Waals surface area (Å²) in [5.41, 5.74) is 5.45. The summed E-state index contributed by atoms with van der Waals surface area (Å²) in [6.07, 6.45) is 7.68. The zero-order chi connectivity index (χ0) is 12.2. The highest BCUT2D eigenvalue weighted by molar-refractivity contribution is 5.82. The van der Waals surface area contributed by atoms with E-state index in [1.807, 2.05) is 0 Å². The molecule has 1 aliphatic carbocycles. The van der Waals surface area contributed by atoms with Crippen LogP contribution in [0.25, 0.3) is 0 Å². The van der Waals surface area contributed by atoms with Gasteiger partial charge in [-0.25, -0.2) is 0 Å². The van der Waals surface area contributed by atoms with Gasteiger partial charge >= 0.3 is 0 Å². The van der Waals surface area contributed by atoms with E-state index in [9.17, 15) is 0 Å². The van der Waals surface area contributed by atoms with E-state index in [-0.39, 0.29) is 5.41 Å². The van der Waals surface area contributed by atoms with Crippen LogP contribution in [0.3, 0.4) is 0 Å². The largest absolute Gasteiger partial charge is 0.387 e. The summed E-state index contributed by atoms with van der Waals surface area (Å²) in [7, 11) is 2.23. The Labute approximate surface area is 99.9 Å². The molecule has 0 aromatic carbocycles. The topological polar surface area (TPSA) is 53.1 Å². The van der Waals surface area contributed by atoms with Crippen LogP contribution in [0.5, 0.6) is 0 Å². The van der Waals surface area contributed by atoms with E-state index in [2.05, 4.69) is 25.8 Å². The van der Waals surface area contributed by atoms with Crippen molar-refractivity contribution in [3.8, 4) is 0 Å². The predicted octanol–water partition coefficient (Wildman–Crippen LogP) is 2.60. The van der Waals surface area contributed by atoms with Crippen molar-refractivity contribution in [1.82, 2.24) is 4.90 Å². The molecular formula is C13H27N3. The molecule has 0 saturated heterocycles. The van der Waals surface area contributed by atoms with E-state index >= 15 is 0 Å². The SMILES string of the molecule is CN(CCCC(C)(C)C(=N)N)C1CCCC1. The van der Waals surface area contributed by atoms with Crippen LogP contribution in [0, 0.1) is 10.8 Å². The molecule has 3 N–H and O–H groups in total. The Hall–Kier alpha value is -0.570. The number of nitrogens with two attached hydrogens (primary N) is 1. The Morgan fingerprint density at radius 2 is 1.94 bits per heavy atom. The maximum absolute atomic E-state index is 7.51. The van der Waals surface area contributed by atoms with Gasteiger partial charge in [0.25, 0.3) is 0 Å². The Balaban J connectivity index is 2.21. The van der Waals surface area contributed by atoms with Gasteiger partial charge in [0.15, 0.2) is 0 Å². The van der Waals surface area contributed by atoms with Gasteiger partial charge in [-0.3, -0.25) is 5.41 Å². The number of nitrogens with zero attached hydrogens (tertiary/aromatic N) is 1. The maximum Gasteiger partial charge on any atom is 0.0963 e. The van der Waals surface area contributed by atoms with Gasteiger partial charge in [0.1, 0.15) is 0 Å². The zero-order valence-electron chi connectivity index (χ0n) is 11.1. The summed E-state index contributed by atoms with van der Waals surface area (Å²) in [5.74, 6) is 0.316. The molecule has 1 fully saturated rings. The Bertz CT molecular complexity index is 229. The van der Waals surface area contributed by atoms with Crippen molar-refractivity contribution in [1.29, 1.82) is 5.41 Å². The van der Waals surface area contributed by atoms with Crippen molar-refractivity contribution < 1.29 is 0 Å². The van der Waals surface area contributed by atoms with Gasteiger partial charge in [0, 0.05) is 11.5 Å². The summed E-state index contributed by atoms with van der Waals surface area (Å²) < 4.78 is 0. The summed E-state index contributed by atoms with van der Waals surface area (Å²) in [4.78, 5) is 2.49. The minimum absolute atomic E-state index is 0.128. The maximum atomic E-state index is 7.51. The summed E-state index contributed by atoms with van der Waals surface area (Å²) >= 11 is 0. The lowest BCUT2D eigenvalue weighted by molar-refractivity contribution is 0.233. The Morgan fingerprint density at radius 3 is 2.44 bits per heavy atom. The lowest BCUT2D eigenvalue weighted by Crippen LogP contribution is -2.34. The average molecular weight is 225 g/mol. The first-order valence-corrected chi connectivity index (χ1v) is 6.48. The van der Waals surface area contributed by atoms with Crippen LogP contribution >= 0.6 is 0 Å². The molecule has 1 saturated carbocycles. The van der Waals surface area contributed by atoms with Gasteiger partial charge in [-0.1, -0.05) is 26.7 Å². The van der Waals surface area contributed by atoms with Crippen molar-refractivity contribution in [2.45, 2.75) is 58.4 Å². The van der Waals surface area contributed by atoms with E-state index in [1.54, 1.807) is 0 Å². The molecule has 1 rings (SSSR count). The van der Waals surface area contributed by atoms with E-state index < -0.39 is 0 Å². The van der Waals surface area contributed by atoms with E-state index in [1.165, 1.54) is 25.7 Å². The van der Waals surface area contributed by atoms with Gasteiger partial charge in [-0.2, -0.15) is 0 Å². The fraction of sp³-hybridized carbons (Fsp3) is 0.923. The summed E-state index contributed by atoms with van der Waals surface area (Å²) in [5, 5.41) is 7.51. The second-order valence-corrected chi connectivity index (χ2v) is 5.82. The lowest BCUT2D eigenvalue weighted by atomic mass is 9.86. The molecule has 94 valence electrons. The van der Waals surface area contributed by atoms with Crippen LogP contribution < -0.4 is 5.73 Å². The van der Waals surface area contributed by atoms with E-state index in [0.717, 1.165) is 25.4 Å². The molecular weight excluding hydrogens is 198 g/mol. The van der Waals surface area contributed by atoms with Crippen molar-refractivity contribution in [2.24, 2.45) is 11.1 Å². The normalized spacial score (nSPS) is 18.2. The van der Waals surface area contributed by atoms with Gasteiger partial charge < -0.3 is 10.6 Å². The first-order valence-electron chi connectivity index (χ1n) is 6.48. The van der Waals surface area contributed by atoms with Crippen LogP contribution in [0.15, 0.2) is 0 Å². The molecule has 0 aromatic heterocycles. The predicted molar refractivity (Wildman–Crippen MR) is 69.8 cm³/mol. The molecule has 0 aromatic rings. The average Bonchev–Trinajstić information content (AvgIpc) is 2.69. The fourth-order valence-corrected chi connectivity index (χ4v) is 2.43. The highest BCUT2D eigenvalue weighted by Crippen LogP contribution is 2.25. The van der Waals surface area contributed by atoms with Crippen molar-refractivity contribution >= 4 is 5.84 Å². The first kappa shape index (κ1) is 13.5. The molecule has 0 aliphatic heterocycles. The summed E-state index contributed by atoms with van der Waals surface area (Å²) in [6.45, 7) is 5.26. The monoisotopic (exact) mass is 225 g/mol. The molecule has 0 unspecified atom stereocenters. The molecule has 0 spiro atoms. The highest BCUT2D eigenvalue weighted by atomic mass is 15.1. The molecule has 16 heavy (non-hydrogen) atoms. The van der Waals surface area contributed by atoms with Crippen LogP contribution in [0.1, 0.15) is 52.4 Å². The number of rotatable bonds is 6. The standard InChI is InChI=1S/C13H27N3/c1-13(2,12(14)15)9-6-10-16(3)11-7-4-5-8-11/h11H,4-10H2,1-3H3,(H3,14,15). The van der Waals surface area contributed by atoms with Crippen molar-refractivity contribution in [2.75, 3.05) is 13.6 Å². The highest BCUT2D eigenvalue weighted by Gasteiger charge is 2.23. The quantitative estimate of drug-likeness (QED) is 0.539. The molecule has 0 amide bonds. The minimum atomic E-state index is -0.128. The third-order valence-electron chi connectivity index (χ3n) is 3.99. The van der Waals surface area contributed by atoms with Gasteiger partial charge in [0.05, 0.1) is 5.84 Å². The lowest BCUT2D eigenvalue weighted by Gasteiger charge is -2.27.